The zero-order valence-electron chi connectivity index (χ0n) is 13.3. The maximum Gasteiger partial charge on any atom is 0.255 e. The first-order valence-electron chi connectivity index (χ1n) is 7.82. The lowest BCUT2D eigenvalue weighted by Gasteiger charge is -2.20. The number of amides is 1. The van der Waals surface area contributed by atoms with E-state index >= 15 is 0 Å². The highest BCUT2D eigenvalue weighted by molar-refractivity contribution is 7.91. The standard InChI is InChI=1S/C17H17ClN2O4S/c18-14-4-2-1-3-13(14)15-7-8-20(9-10-25(15,23)24)17(22)12-5-6-16(21)19-11-12/h1-6,11,15H,7-10H2,(H,19,21). The molecule has 8 heteroatoms. The third kappa shape index (κ3) is 3.77. The number of carbonyl (C=O) groups is 1. The Hall–Kier alpha value is -2.12. The predicted molar refractivity (Wildman–Crippen MR) is 95.6 cm³/mol. The summed E-state index contributed by atoms with van der Waals surface area (Å²) in [5.74, 6) is -0.427. The molecule has 1 aliphatic rings. The van der Waals surface area contributed by atoms with E-state index in [4.69, 9.17) is 11.6 Å². The summed E-state index contributed by atoms with van der Waals surface area (Å²) < 4.78 is 25.3. The number of aromatic amines is 1. The van der Waals surface area contributed by atoms with Gasteiger partial charge in [0.05, 0.1) is 16.6 Å². The molecule has 1 aromatic carbocycles. The number of nitrogens with zero attached hydrogens (tertiary/aromatic N) is 1. The Morgan fingerprint density at radius 1 is 1.16 bits per heavy atom. The summed E-state index contributed by atoms with van der Waals surface area (Å²) in [5, 5.41) is -0.314. The normalized spacial score (nSPS) is 20.0. The van der Waals surface area contributed by atoms with Gasteiger partial charge in [-0.1, -0.05) is 29.8 Å². The molecule has 6 nitrogen and oxygen atoms in total. The fraction of sp³-hybridized carbons (Fsp3) is 0.294. The molecule has 2 heterocycles. The van der Waals surface area contributed by atoms with Crippen LogP contribution in [-0.4, -0.2) is 43.1 Å². The van der Waals surface area contributed by atoms with E-state index in [9.17, 15) is 18.0 Å². The first-order valence-corrected chi connectivity index (χ1v) is 9.92. The molecule has 0 bridgehead atoms. The number of nitrogens with one attached hydrogen (secondary N) is 1. The molecular formula is C17H17ClN2O4S. The lowest BCUT2D eigenvalue weighted by atomic mass is 10.1. The molecule has 0 saturated carbocycles. The molecule has 1 atom stereocenters. The van der Waals surface area contributed by atoms with Crippen molar-refractivity contribution in [2.24, 2.45) is 0 Å². The van der Waals surface area contributed by atoms with Crippen molar-refractivity contribution in [3.8, 4) is 0 Å². The van der Waals surface area contributed by atoms with Crippen molar-refractivity contribution >= 4 is 27.3 Å². The maximum atomic E-state index is 12.7. The van der Waals surface area contributed by atoms with Gasteiger partial charge in [-0.3, -0.25) is 9.59 Å². The summed E-state index contributed by atoms with van der Waals surface area (Å²) in [6, 6.07) is 9.59. The van der Waals surface area contributed by atoms with Crippen LogP contribution in [0.4, 0.5) is 0 Å². The van der Waals surface area contributed by atoms with Crippen LogP contribution in [0.5, 0.6) is 0 Å². The number of pyridine rings is 1. The highest BCUT2D eigenvalue weighted by Gasteiger charge is 2.33. The first-order chi connectivity index (χ1) is 11.9. The van der Waals surface area contributed by atoms with Gasteiger partial charge in [0.1, 0.15) is 0 Å². The third-order valence-electron chi connectivity index (χ3n) is 4.31. The van der Waals surface area contributed by atoms with Crippen LogP contribution in [0.1, 0.15) is 27.6 Å². The predicted octanol–water partition coefficient (Wildman–Crippen LogP) is 2.03. The van der Waals surface area contributed by atoms with Gasteiger partial charge in [-0.05, 0) is 24.1 Å². The number of sulfone groups is 1. The van der Waals surface area contributed by atoms with Crippen molar-refractivity contribution in [2.45, 2.75) is 11.7 Å². The van der Waals surface area contributed by atoms with E-state index in [1.54, 1.807) is 24.3 Å². The Bertz CT molecular complexity index is 935. The second kappa shape index (κ2) is 7.01. The number of hydrogen-bond acceptors (Lipinski definition) is 4. The SMILES string of the molecule is O=C(c1ccc(=O)[nH]c1)N1CCC(c2ccccc2Cl)S(=O)(=O)CC1. The summed E-state index contributed by atoms with van der Waals surface area (Å²) >= 11 is 6.17. The van der Waals surface area contributed by atoms with Crippen LogP contribution in [0.3, 0.4) is 0 Å². The van der Waals surface area contributed by atoms with Crippen LogP contribution < -0.4 is 5.56 Å². The molecule has 1 saturated heterocycles. The quantitative estimate of drug-likeness (QED) is 0.863. The van der Waals surface area contributed by atoms with Crippen LogP contribution in [0.2, 0.25) is 5.02 Å². The monoisotopic (exact) mass is 380 g/mol. The molecule has 1 amide bonds. The number of benzene rings is 1. The number of carbonyl (C=O) groups excluding carboxylic acids is 1. The van der Waals surface area contributed by atoms with E-state index in [0.29, 0.717) is 22.7 Å². The molecule has 132 valence electrons. The van der Waals surface area contributed by atoms with Crippen LogP contribution in [-0.2, 0) is 9.84 Å². The van der Waals surface area contributed by atoms with Crippen molar-refractivity contribution in [3.05, 3.63) is 69.1 Å². The van der Waals surface area contributed by atoms with Gasteiger partial charge in [0, 0.05) is 30.4 Å². The maximum absolute atomic E-state index is 12.7. The Kier molecular flexibility index (Phi) is 4.96. The van der Waals surface area contributed by atoms with Gasteiger partial charge < -0.3 is 9.88 Å². The molecular weight excluding hydrogens is 364 g/mol. The lowest BCUT2D eigenvalue weighted by molar-refractivity contribution is 0.0766. The largest absolute Gasteiger partial charge is 0.338 e. The fourth-order valence-corrected chi connectivity index (χ4v) is 5.11. The average molecular weight is 381 g/mol. The minimum atomic E-state index is -3.43. The van der Waals surface area contributed by atoms with Crippen LogP contribution in [0, 0.1) is 0 Å². The summed E-state index contributed by atoms with van der Waals surface area (Å²) in [6.07, 6.45) is 1.62. The summed E-state index contributed by atoms with van der Waals surface area (Å²) in [5.41, 5.74) is 0.601. The van der Waals surface area contributed by atoms with E-state index in [1.807, 2.05) is 0 Å². The number of aromatic nitrogens is 1. The van der Waals surface area contributed by atoms with Crippen molar-refractivity contribution in [1.29, 1.82) is 0 Å². The van der Waals surface area contributed by atoms with Gasteiger partial charge in [0.15, 0.2) is 9.84 Å². The molecule has 1 N–H and O–H groups in total. The third-order valence-corrected chi connectivity index (χ3v) is 6.76. The van der Waals surface area contributed by atoms with Gasteiger partial charge in [0.2, 0.25) is 5.56 Å². The first kappa shape index (κ1) is 17.7. The summed E-state index contributed by atoms with van der Waals surface area (Å²) in [6.45, 7) is 0.411. The van der Waals surface area contributed by atoms with E-state index in [0.717, 1.165) is 0 Å². The molecule has 3 rings (SSSR count). The van der Waals surface area contributed by atoms with E-state index in [1.165, 1.54) is 23.2 Å². The zero-order chi connectivity index (χ0) is 18.0. The molecule has 0 aliphatic carbocycles. The zero-order valence-corrected chi connectivity index (χ0v) is 14.9. The van der Waals surface area contributed by atoms with E-state index in [2.05, 4.69) is 4.98 Å². The van der Waals surface area contributed by atoms with Crippen LogP contribution in [0.15, 0.2) is 47.4 Å². The van der Waals surface area contributed by atoms with E-state index < -0.39 is 15.1 Å². The van der Waals surface area contributed by atoms with Gasteiger partial charge in [-0.15, -0.1) is 0 Å². The van der Waals surface area contributed by atoms with Crippen LogP contribution in [0.25, 0.3) is 0 Å². The average Bonchev–Trinajstić information content (AvgIpc) is 2.74. The lowest BCUT2D eigenvalue weighted by Crippen LogP contribution is -2.33. The van der Waals surface area contributed by atoms with E-state index in [-0.39, 0.29) is 30.2 Å². The topological polar surface area (TPSA) is 87.3 Å². The van der Waals surface area contributed by atoms with Crippen molar-refractivity contribution in [3.63, 3.8) is 0 Å². The second-order valence-electron chi connectivity index (χ2n) is 5.90. The fourth-order valence-electron chi connectivity index (χ4n) is 2.96. The van der Waals surface area contributed by atoms with Gasteiger partial charge in [-0.25, -0.2) is 8.42 Å². The summed E-state index contributed by atoms with van der Waals surface area (Å²) in [7, 11) is -3.43. The molecule has 1 fully saturated rings. The van der Waals surface area contributed by atoms with Crippen molar-refractivity contribution in [1.82, 2.24) is 9.88 Å². The molecule has 1 aromatic heterocycles. The second-order valence-corrected chi connectivity index (χ2v) is 8.61. The van der Waals surface area contributed by atoms with Crippen molar-refractivity contribution in [2.75, 3.05) is 18.8 Å². The smallest absolute Gasteiger partial charge is 0.255 e. The highest BCUT2D eigenvalue weighted by atomic mass is 35.5. The Labute approximate surface area is 150 Å². The summed E-state index contributed by atoms with van der Waals surface area (Å²) in [4.78, 5) is 27.6. The Morgan fingerprint density at radius 2 is 1.92 bits per heavy atom. The number of rotatable bonds is 2. The minimum absolute atomic E-state index is 0.112. The molecule has 1 unspecified atom stereocenters. The molecule has 0 spiro atoms. The Morgan fingerprint density at radius 3 is 2.60 bits per heavy atom. The molecule has 1 aliphatic heterocycles. The van der Waals surface area contributed by atoms with Crippen molar-refractivity contribution < 1.29 is 13.2 Å². The molecule has 2 aromatic rings. The highest BCUT2D eigenvalue weighted by Crippen LogP contribution is 2.34. The van der Waals surface area contributed by atoms with Gasteiger partial charge in [0.25, 0.3) is 5.91 Å². The molecule has 0 radical (unpaired) electrons. The minimum Gasteiger partial charge on any atom is -0.338 e. The number of halogens is 1. The van der Waals surface area contributed by atoms with Gasteiger partial charge >= 0.3 is 0 Å². The van der Waals surface area contributed by atoms with Crippen LogP contribution >= 0.6 is 11.6 Å². The number of hydrogen-bond donors (Lipinski definition) is 1. The Balaban J connectivity index is 1.85. The molecule has 25 heavy (non-hydrogen) atoms. The van der Waals surface area contributed by atoms with Gasteiger partial charge in [-0.2, -0.15) is 0 Å². The number of H-pyrrole nitrogens is 1.